The average Bonchev–Trinajstić information content (AvgIpc) is 3.00. The third kappa shape index (κ3) is 3.00. The molecular formula is C17H22ClN3S. The monoisotopic (exact) mass is 335 g/mol. The van der Waals surface area contributed by atoms with Crippen molar-refractivity contribution in [3.05, 3.63) is 47.0 Å². The SMILES string of the molecule is Cl.Nc1ncc(CN2[C@@H]3CC[C@H]2CC(c2ccccc2)C3)s1. The van der Waals surface area contributed by atoms with Gasteiger partial charge in [-0.15, -0.1) is 23.7 Å². The minimum atomic E-state index is 0. The molecule has 118 valence electrons. The molecule has 0 radical (unpaired) electrons. The summed E-state index contributed by atoms with van der Waals surface area (Å²) in [5.74, 6) is 0.742. The first-order valence-corrected chi connectivity index (χ1v) is 8.62. The molecule has 3 nitrogen and oxygen atoms in total. The van der Waals surface area contributed by atoms with Gasteiger partial charge in [-0.3, -0.25) is 4.90 Å². The Bertz CT molecular complexity index is 601. The first-order chi connectivity index (χ1) is 10.3. The molecular weight excluding hydrogens is 314 g/mol. The lowest BCUT2D eigenvalue weighted by Gasteiger charge is -2.39. The smallest absolute Gasteiger partial charge is 0.180 e. The maximum absolute atomic E-state index is 5.76. The highest BCUT2D eigenvalue weighted by Crippen LogP contribution is 2.43. The molecule has 3 heterocycles. The fourth-order valence-corrected chi connectivity index (χ4v) is 4.80. The summed E-state index contributed by atoms with van der Waals surface area (Å²) in [6.45, 7) is 1.03. The summed E-state index contributed by atoms with van der Waals surface area (Å²) in [7, 11) is 0. The third-order valence-corrected chi connectivity index (χ3v) is 5.88. The molecule has 3 atom stereocenters. The molecule has 2 fully saturated rings. The lowest BCUT2D eigenvalue weighted by Crippen LogP contribution is -2.41. The van der Waals surface area contributed by atoms with E-state index in [9.17, 15) is 0 Å². The van der Waals surface area contributed by atoms with Crippen LogP contribution in [0.1, 0.15) is 42.0 Å². The van der Waals surface area contributed by atoms with Gasteiger partial charge < -0.3 is 5.73 Å². The van der Waals surface area contributed by atoms with Crippen LogP contribution in [0.5, 0.6) is 0 Å². The summed E-state index contributed by atoms with van der Waals surface area (Å²) in [4.78, 5) is 8.19. The molecule has 1 aromatic heterocycles. The number of hydrogen-bond donors (Lipinski definition) is 1. The first kappa shape index (κ1) is 15.8. The number of hydrogen-bond acceptors (Lipinski definition) is 4. The van der Waals surface area contributed by atoms with Crippen LogP contribution >= 0.6 is 23.7 Å². The summed E-state index contributed by atoms with van der Waals surface area (Å²) in [6, 6.07) is 12.5. The number of halogens is 1. The van der Waals surface area contributed by atoms with Gasteiger partial charge in [0.2, 0.25) is 0 Å². The zero-order chi connectivity index (χ0) is 14.2. The Morgan fingerprint density at radius 2 is 1.82 bits per heavy atom. The molecule has 2 bridgehead atoms. The van der Waals surface area contributed by atoms with E-state index < -0.39 is 0 Å². The van der Waals surface area contributed by atoms with E-state index in [2.05, 4.69) is 40.2 Å². The van der Waals surface area contributed by atoms with Gasteiger partial charge in [0.25, 0.3) is 0 Å². The summed E-state index contributed by atoms with van der Waals surface area (Å²) >= 11 is 1.64. The second-order valence-electron chi connectivity index (χ2n) is 6.30. The van der Waals surface area contributed by atoms with Crippen molar-refractivity contribution >= 4 is 28.9 Å². The van der Waals surface area contributed by atoms with Crippen LogP contribution in [-0.2, 0) is 6.54 Å². The summed E-state index contributed by atoms with van der Waals surface area (Å²) in [6.07, 6.45) is 7.25. The lowest BCUT2D eigenvalue weighted by molar-refractivity contribution is 0.120. The first-order valence-electron chi connectivity index (χ1n) is 7.80. The maximum Gasteiger partial charge on any atom is 0.180 e. The van der Waals surface area contributed by atoms with Crippen LogP contribution in [0.4, 0.5) is 5.13 Å². The second-order valence-corrected chi connectivity index (χ2v) is 7.45. The van der Waals surface area contributed by atoms with Gasteiger partial charge in [-0.25, -0.2) is 4.98 Å². The molecule has 2 aliphatic heterocycles. The molecule has 2 aromatic rings. The quantitative estimate of drug-likeness (QED) is 0.919. The minimum Gasteiger partial charge on any atom is -0.375 e. The Morgan fingerprint density at radius 3 is 2.41 bits per heavy atom. The molecule has 1 aromatic carbocycles. The molecule has 0 saturated carbocycles. The standard InChI is InChI=1S/C17H21N3S.ClH/c18-17-19-10-16(21-17)11-20-14-6-7-15(20)9-13(8-14)12-4-2-1-3-5-12;/h1-5,10,13-15H,6-9,11H2,(H2,18,19);1H/t13?,14-,15+;. The number of nitrogens with two attached hydrogens (primary N) is 1. The van der Waals surface area contributed by atoms with E-state index >= 15 is 0 Å². The Morgan fingerprint density at radius 1 is 1.14 bits per heavy atom. The van der Waals surface area contributed by atoms with Gasteiger partial charge in [-0.1, -0.05) is 30.3 Å². The van der Waals surface area contributed by atoms with Crippen LogP contribution in [0.25, 0.3) is 0 Å². The molecule has 2 N–H and O–H groups in total. The van der Waals surface area contributed by atoms with Crippen molar-refractivity contribution in [2.45, 2.75) is 50.2 Å². The van der Waals surface area contributed by atoms with Gasteiger partial charge in [0, 0.05) is 29.7 Å². The van der Waals surface area contributed by atoms with E-state index in [-0.39, 0.29) is 12.4 Å². The Kier molecular flexibility index (Phi) is 4.71. The molecule has 2 saturated heterocycles. The van der Waals surface area contributed by atoms with Crippen molar-refractivity contribution in [3.63, 3.8) is 0 Å². The van der Waals surface area contributed by atoms with E-state index in [0.29, 0.717) is 5.13 Å². The van der Waals surface area contributed by atoms with Crippen LogP contribution < -0.4 is 5.73 Å². The highest BCUT2D eigenvalue weighted by Gasteiger charge is 2.40. The van der Waals surface area contributed by atoms with E-state index in [4.69, 9.17) is 5.73 Å². The number of nitrogen functional groups attached to an aromatic ring is 1. The Labute approximate surface area is 142 Å². The van der Waals surface area contributed by atoms with Crippen molar-refractivity contribution < 1.29 is 0 Å². The van der Waals surface area contributed by atoms with Gasteiger partial charge in [-0.05, 0) is 37.2 Å². The lowest BCUT2D eigenvalue weighted by atomic mass is 9.85. The number of benzene rings is 1. The van der Waals surface area contributed by atoms with Gasteiger partial charge >= 0.3 is 0 Å². The van der Waals surface area contributed by atoms with Gasteiger partial charge in [0.15, 0.2) is 5.13 Å². The fraction of sp³-hybridized carbons (Fsp3) is 0.471. The highest BCUT2D eigenvalue weighted by atomic mass is 35.5. The van der Waals surface area contributed by atoms with Crippen LogP contribution in [0.2, 0.25) is 0 Å². The Balaban J connectivity index is 0.00000144. The van der Waals surface area contributed by atoms with E-state index in [1.165, 1.54) is 36.1 Å². The van der Waals surface area contributed by atoms with Crippen molar-refractivity contribution in [2.75, 3.05) is 5.73 Å². The van der Waals surface area contributed by atoms with Crippen LogP contribution in [0.3, 0.4) is 0 Å². The van der Waals surface area contributed by atoms with Gasteiger partial charge in [0.05, 0.1) is 0 Å². The molecule has 0 amide bonds. The molecule has 4 rings (SSSR count). The zero-order valence-corrected chi connectivity index (χ0v) is 14.2. The van der Waals surface area contributed by atoms with E-state index in [1.54, 1.807) is 11.3 Å². The number of thiazole rings is 1. The number of rotatable bonds is 3. The molecule has 22 heavy (non-hydrogen) atoms. The number of nitrogens with zero attached hydrogens (tertiary/aromatic N) is 2. The molecule has 2 aliphatic rings. The topological polar surface area (TPSA) is 42.1 Å². The Hall–Kier alpha value is -1.10. The van der Waals surface area contributed by atoms with Gasteiger partial charge in [0.1, 0.15) is 0 Å². The third-order valence-electron chi connectivity index (χ3n) is 5.07. The number of anilines is 1. The zero-order valence-electron chi connectivity index (χ0n) is 12.5. The van der Waals surface area contributed by atoms with E-state index in [1.807, 2.05) is 6.20 Å². The molecule has 0 spiro atoms. The summed E-state index contributed by atoms with van der Waals surface area (Å²) in [5.41, 5.74) is 7.28. The van der Waals surface area contributed by atoms with Crippen LogP contribution in [0, 0.1) is 0 Å². The normalized spacial score (nSPS) is 27.5. The molecule has 0 aliphatic carbocycles. The van der Waals surface area contributed by atoms with E-state index in [0.717, 1.165) is 24.5 Å². The van der Waals surface area contributed by atoms with Crippen molar-refractivity contribution in [3.8, 4) is 0 Å². The highest BCUT2D eigenvalue weighted by molar-refractivity contribution is 7.15. The molecule has 5 heteroatoms. The maximum atomic E-state index is 5.76. The fourth-order valence-electron chi connectivity index (χ4n) is 4.11. The predicted octanol–water partition coefficient (Wildman–Crippen LogP) is 4.06. The number of aromatic nitrogens is 1. The van der Waals surface area contributed by atoms with Crippen LogP contribution in [0.15, 0.2) is 36.5 Å². The van der Waals surface area contributed by atoms with Crippen molar-refractivity contribution in [2.24, 2.45) is 0 Å². The largest absolute Gasteiger partial charge is 0.375 e. The minimum absolute atomic E-state index is 0. The van der Waals surface area contributed by atoms with Gasteiger partial charge in [-0.2, -0.15) is 0 Å². The average molecular weight is 336 g/mol. The summed E-state index contributed by atoms with van der Waals surface area (Å²) in [5, 5.41) is 0.691. The predicted molar refractivity (Wildman–Crippen MR) is 94.5 cm³/mol. The number of fused-ring (bicyclic) bond motifs is 2. The van der Waals surface area contributed by atoms with Crippen LogP contribution in [-0.4, -0.2) is 22.0 Å². The molecule has 1 unspecified atom stereocenters. The summed E-state index contributed by atoms with van der Waals surface area (Å²) < 4.78 is 0. The second kappa shape index (κ2) is 6.57. The van der Waals surface area contributed by atoms with Crippen molar-refractivity contribution in [1.82, 2.24) is 9.88 Å². The van der Waals surface area contributed by atoms with Crippen molar-refractivity contribution in [1.29, 1.82) is 0 Å². The number of piperidine rings is 1.